The highest BCUT2D eigenvalue weighted by molar-refractivity contribution is 6.30. The summed E-state index contributed by atoms with van der Waals surface area (Å²) in [5.74, 6) is -0.450. The predicted molar refractivity (Wildman–Crippen MR) is 88.8 cm³/mol. The third-order valence-electron chi connectivity index (χ3n) is 3.30. The second-order valence-corrected chi connectivity index (χ2v) is 6.11. The van der Waals surface area contributed by atoms with E-state index in [4.69, 9.17) is 11.6 Å². The van der Waals surface area contributed by atoms with Gasteiger partial charge in [-0.25, -0.2) is 4.79 Å². The number of benzene rings is 1. The van der Waals surface area contributed by atoms with E-state index in [0.29, 0.717) is 11.6 Å². The van der Waals surface area contributed by atoms with Gasteiger partial charge >= 0.3 is 6.03 Å². The third kappa shape index (κ3) is 4.79. The molecule has 1 saturated heterocycles. The van der Waals surface area contributed by atoms with Crippen molar-refractivity contribution in [3.8, 4) is 0 Å². The fourth-order valence-corrected chi connectivity index (χ4v) is 2.24. The minimum absolute atomic E-state index is 0.0532. The predicted octanol–water partition coefficient (Wildman–Crippen LogP) is 1.59. The van der Waals surface area contributed by atoms with Gasteiger partial charge in [-0.05, 0) is 23.8 Å². The summed E-state index contributed by atoms with van der Waals surface area (Å²) in [6, 6.07) is 6.59. The minimum atomic E-state index is -0.818. The molecule has 124 valence electrons. The minimum Gasteiger partial charge on any atom is -0.390 e. The molecule has 1 atom stereocenters. The van der Waals surface area contributed by atoms with Crippen LogP contribution in [0.3, 0.4) is 0 Å². The first-order chi connectivity index (χ1) is 10.9. The standard InChI is InChI=1S/C16H20ClN3O3/c1-10(2)18-8-13(21)9-20-15(22)14(19-16(20)23)7-11-3-5-12(17)6-4-11/h3-7,10,13,18,21H,8-9H2,1-2H3,(H,19,23)/b14-7-. The molecule has 3 N–H and O–H groups in total. The summed E-state index contributed by atoms with van der Waals surface area (Å²) < 4.78 is 0. The summed E-state index contributed by atoms with van der Waals surface area (Å²) >= 11 is 5.81. The van der Waals surface area contributed by atoms with Crippen molar-refractivity contribution in [1.82, 2.24) is 15.5 Å². The molecule has 0 bridgehead atoms. The second-order valence-electron chi connectivity index (χ2n) is 5.67. The molecular weight excluding hydrogens is 318 g/mol. The molecule has 6 nitrogen and oxygen atoms in total. The molecule has 1 heterocycles. The fourth-order valence-electron chi connectivity index (χ4n) is 2.11. The lowest BCUT2D eigenvalue weighted by molar-refractivity contribution is -0.123. The maximum atomic E-state index is 12.3. The Morgan fingerprint density at radius 2 is 1.96 bits per heavy atom. The normalized spacial score (nSPS) is 18.0. The maximum absolute atomic E-state index is 12.3. The zero-order chi connectivity index (χ0) is 17.0. The SMILES string of the molecule is CC(C)NCC(O)CN1C(=O)N/C(=C\c2ccc(Cl)cc2)C1=O. The van der Waals surface area contributed by atoms with Crippen molar-refractivity contribution < 1.29 is 14.7 Å². The van der Waals surface area contributed by atoms with Crippen LogP contribution < -0.4 is 10.6 Å². The van der Waals surface area contributed by atoms with Gasteiger partial charge in [0.1, 0.15) is 5.70 Å². The number of halogens is 1. The van der Waals surface area contributed by atoms with Crippen molar-refractivity contribution in [3.63, 3.8) is 0 Å². The van der Waals surface area contributed by atoms with E-state index in [9.17, 15) is 14.7 Å². The molecule has 23 heavy (non-hydrogen) atoms. The molecule has 0 saturated carbocycles. The summed E-state index contributed by atoms with van der Waals surface area (Å²) in [7, 11) is 0. The quantitative estimate of drug-likeness (QED) is 0.544. The number of amides is 3. The highest BCUT2D eigenvalue weighted by Gasteiger charge is 2.34. The number of nitrogens with one attached hydrogen (secondary N) is 2. The largest absolute Gasteiger partial charge is 0.390 e. The molecule has 0 aliphatic carbocycles. The zero-order valence-corrected chi connectivity index (χ0v) is 13.8. The van der Waals surface area contributed by atoms with E-state index >= 15 is 0 Å². The number of imide groups is 1. The van der Waals surface area contributed by atoms with Gasteiger partial charge in [-0.2, -0.15) is 0 Å². The van der Waals surface area contributed by atoms with Crippen LogP contribution in [0.15, 0.2) is 30.0 Å². The van der Waals surface area contributed by atoms with Gasteiger partial charge in [-0.3, -0.25) is 9.69 Å². The summed E-state index contributed by atoms with van der Waals surface area (Å²) in [6.07, 6.45) is 0.761. The number of urea groups is 1. The van der Waals surface area contributed by atoms with Crippen LogP contribution in [0.1, 0.15) is 19.4 Å². The van der Waals surface area contributed by atoms with E-state index < -0.39 is 18.0 Å². The van der Waals surface area contributed by atoms with Crippen LogP contribution in [0.25, 0.3) is 6.08 Å². The molecule has 1 aliphatic heterocycles. The Hall–Kier alpha value is -1.89. The van der Waals surface area contributed by atoms with E-state index in [0.717, 1.165) is 10.5 Å². The zero-order valence-electron chi connectivity index (χ0n) is 13.0. The molecule has 7 heteroatoms. The maximum Gasteiger partial charge on any atom is 0.329 e. The van der Waals surface area contributed by atoms with Crippen LogP contribution in [0.4, 0.5) is 4.79 Å². The molecule has 0 spiro atoms. The third-order valence-corrected chi connectivity index (χ3v) is 3.55. The summed E-state index contributed by atoms with van der Waals surface area (Å²) in [4.78, 5) is 25.2. The second kappa shape index (κ2) is 7.59. The highest BCUT2D eigenvalue weighted by atomic mass is 35.5. The lowest BCUT2D eigenvalue weighted by atomic mass is 10.2. The smallest absolute Gasteiger partial charge is 0.329 e. The number of rotatable bonds is 6. The molecule has 2 rings (SSSR count). The van der Waals surface area contributed by atoms with E-state index in [1.54, 1.807) is 30.3 Å². The molecule has 1 unspecified atom stereocenters. The first-order valence-corrected chi connectivity index (χ1v) is 7.76. The van der Waals surface area contributed by atoms with Crippen LogP contribution in [0, 0.1) is 0 Å². The van der Waals surface area contributed by atoms with Crippen LogP contribution in [0.2, 0.25) is 5.02 Å². The van der Waals surface area contributed by atoms with Gasteiger partial charge in [-0.15, -0.1) is 0 Å². The molecule has 1 aromatic rings. The number of nitrogens with zero attached hydrogens (tertiary/aromatic N) is 1. The number of carbonyl (C=O) groups is 2. The number of hydrogen-bond donors (Lipinski definition) is 3. The molecule has 1 aliphatic rings. The van der Waals surface area contributed by atoms with Crippen LogP contribution >= 0.6 is 11.6 Å². The monoisotopic (exact) mass is 337 g/mol. The number of aliphatic hydroxyl groups is 1. The van der Waals surface area contributed by atoms with Crippen molar-refractivity contribution in [2.45, 2.75) is 26.0 Å². The Balaban J connectivity index is 2.03. The van der Waals surface area contributed by atoms with Crippen molar-refractivity contribution in [1.29, 1.82) is 0 Å². The van der Waals surface area contributed by atoms with Crippen LogP contribution in [-0.2, 0) is 4.79 Å². The summed E-state index contributed by atoms with van der Waals surface area (Å²) in [6.45, 7) is 4.16. The number of aliphatic hydroxyl groups excluding tert-OH is 1. The lowest BCUT2D eigenvalue weighted by Gasteiger charge is -2.18. The fraction of sp³-hybridized carbons (Fsp3) is 0.375. The Bertz CT molecular complexity index is 614. The number of hydrogen-bond acceptors (Lipinski definition) is 4. The Labute approximate surface area is 140 Å². The van der Waals surface area contributed by atoms with Crippen molar-refractivity contribution >= 4 is 29.6 Å². The van der Waals surface area contributed by atoms with Gasteiger partial charge in [0.05, 0.1) is 12.6 Å². The average Bonchev–Trinajstić information content (AvgIpc) is 2.75. The lowest BCUT2D eigenvalue weighted by Crippen LogP contribution is -2.42. The van der Waals surface area contributed by atoms with E-state index in [1.807, 2.05) is 13.8 Å². The number of carbonyl (C=O) groups excluding carboxylic acids is 2. The van der Waals surface area contributed by atoms with Crippen LogP contribution in [0.5, 0.6) is 0 Å². The van der Waals surface area contributed by atoms with Crippen molar-refractivity contribution in [2.75, 3.05) is 13.1 Å². The topological polar surface area (TPSA) is 81.7 Å². The highest BCUT2D eigenvalue weighted by Crippen LogP contribution is 2.16. The van der Waals surface area contributed by atoms with Gasteiger partial charge in [0.15, 0.2) is 0 Å². The molecule has 1 fully saturated rings. The molecule has 0 aromatic heterocycles. The van der Waals surface area contributed by atoms with Crippen molar-refractivity contribution in [3.05, 3.63) is 40.5 Å². The molecule has 3 amide bonds. The Kier molecular flexibility index (Phi) is 5.76. The number of β-amino-alcohol motifs (C(OH)–C–C–N with tert-alkyl or cyclic N) is 1. The summed E-state index contributed by atoms with van der Waals surface area (Å²) in [5.41, 5.74) is 0.934. The van der Waals surface area contributed by atoms with E-state index in [-0.39, 0.29) is 18.3 Å². The summed E-state index contributed by atoms with van der Waals surface area (Å²) in [5, 5.41) is 16.1. The van der Waals surface area contributed by atoms with Gasteiger partial charge < -0.3 is 15.7 Å². The first-order valence-electron chi connectivity index (χ1n) is 7.38. The molecule has 1 aromatic carbocycles. The molecule has 0 radical (unpaired) electrons. The van der Waals surface area contributed by atoms with Gasteiger partial charge in [-0.1, -0.05) is 37.6 Å². The van der Waals surface area contributed by atoms with Gasteiger partial charge in [0.25, 0.3) is 5.91 Å². The first kappa shape index (κ1) is 17.5. The average molecular weight is 338 g/mol. The van der Waals surface area contributed by atoms with Crippen molar-refractivity contribution in [2.24, 2.45) is 0 Å². The van der Waals surface area contributed by atoms with E-state index in [1.165, 1.54) is 0 Å². The molecular formula is C16H20ClN3O3. The van der Waals surface area contributed by atoms with Gasteiger partial charge in [0, 0.05) is 17.6 Å². The van der Waals surface area contributed by atoms with Gasteiger partial charge in [0.2, 0.25) is 0 Å². The Morgan fingerprint density at radius 1 is 1.30 bits per heavy atom. The van der Waals surface area contributed by atoms with E-state index in [2.05, 4.69) is 10.6 Å². The Morgan fingerprint density at radius 3 is 2.57 bits per heavy atom. The van der Waals surface area contributed by atoms with Crippen LogP contribution in [-0.4, -0.2) is 47.2 Å².